The summed E-state index contributed by atoms with van der Waals surface area (Å²) < 4.78 is 43.1. The first-order valence-electron chi connectivity index (χ1n) is 11.9. The molecule has 0 saturated heterocycles. The van der Waals surface area contributed by atoms with E-state index in [1.54, 1.807) is 0 Å². The van der Waals surface area contributed by atoms with Crippen LogP contribution in [0.15, 0.2) is 30.5 Å². The fraction of sp³-hybridized carbons (Fsp3) is 0.480. The van der Waals surface area contributed by atoms with Crippen LogP contribution in [0.3, 0.4) is 0 Å². The van der Waals surface area contributed by atoms with Crippen molar-refractivity contribution in [3.05, 3.63) is 59.1 Å². The monoisotopic (exact) mass is 471 g/mol. The Kier molecular flexibility index (Phi) is 5.95. The quantitative estimate of drug-likeness (QED) is 0.587. The standard InChI is InChI=1S/C25H28F3N5O/c1-2-19-23(33-11-4-3-5-21(33)30-19)24(34)29-14-16-6-8-17(9-7-16)20-15-32-12-10-18(25(26,27)28)13-22(32)31-20/h6-9,15,18H,2-5,10-14H2,1H3,(H,29,34)/t18-/m0/s1. The van der Waals surface area contributed by atoms with E-state index in [0.29, 0.717) is 30.3 Å². The molecule has 3 aromatic rings. The van der Waals surface area contributed by atoms with Crippen molar-refractivity contribution in [3.63, 3.8) is 0 Å². The molecule has 0 unspecified atom stereocenters. The zero-order chi connectivity index (χ0) is 23.9. The van der Waals surface area contributed by atoms with Crippen molar-refractivity contribution in [3.8, 4) is 11.3 Å². The third-order valence-corrected chi connectivity index (χ3v) is 6.87. The summed E-state index contributed by atoms with van der Waals surface area (Å²) in [6.45, 7) is 3.56. The highest BCUT2D eigenvalue weighted by molar-refractivity contribution is 5.94. The number of carbonyl (C=O) groups excluding carboxylic acids is 1. The van der Waals surface area contributed by atoms with E-state index in [1.807, 2.05) is 42.0 Å². The molecule has 2 aliphatic rings. The Labute approximate surface area is 196 Å². The molecule has 0 fully saturated rings. The van der Waals surface area contributed by atoms with Gasteiger partial charge in [-0.2, -0.15) is 13.2 Å². The average molecular weight is 472 g/mol. The fourth-order valence-corrected chi connectivity index (χ4v) is 4.94. The number of aryl methyl sites for hydroxylation is 3. The summed E-state index contributed by atoms with van der Waals surface area (Å²) in [6, 6.07) is 7.63. The lowest BCUT2D eigenvalue weighted by Crippen LogP contribution is -2.31. The first-order chi connectivity index (χ1) is 16.3. The highest BCUT2D eigenvalue weighted by Gasteiger charge is 2.41. The lowest BCUT2D eigenvalue weighted by Gasteiger charge is -2.25. The van der Waals surface area contributed by atoms with Crippen LogP contribution in [0.1, 0.15) is 59.6 Å². The maximum Gasteiger partial charge on any atom is 0.392 e. The molecule has 0 bridgehead atoms. The van der Waals surface area contributed by atoms with Gasteiger partial charge in [-0.3, -0.25) is 4.79 Å². The number of aromatic nitrogens is 4. The summed E-state index contributed by atoms with van der Waals surface area (Å²) in [5.74, 6) is 0.0520. The summed E-state index contributed by atoms with van der Waals surface area (Å²) in [4.78, 5) is 22.1. The minimum Gasteiger partial charge on any atom is -0.347 e. The van der Waals surface area contributed by atoms with Gasteiger partial charge in [0.1, 0.15) is 17.3 Å². The summed E-state index contributed by atoms with van der Waals surface area (Å²) in [6.07, 6.45) is 1.45. The molecule has 2 aliphatic heterocycles. The molecule has 9 heteroatoms. The molecule has 1 amide bonds. The average Bonchev–Trinajstić information content (AvgIpc) is 3.43. The third kappa shape index (κ3) is 4.35. The number of hydrogen-bond donors (Lipinski definition) is 1. The summed E-state index contributed by atoms with van der Waals surface area (Å²) >= 11 is 0. The Morgan fingerprint density at radius 3 is 2.65 bits per heavy atom. The third-order valence-electron chi connectivity index (χ3n) is 6.87. The van der Waals surface area contributed by atoms with Crippen molar-refractivity contribution >= 4 is 5.91 Å². The van der Waals surface area contributed by atoms with Gasteiger partial charge in [0.2, 0.25) is 0 Å². The second kappa shape index (κ2) is 8.92. The SMILES string of the molecule is CCc1nc2n(c1C(=O)NCc1ccc(-c3cn4c(n3)C[C@@H](C(F)(F)F)CC4)cc1)CCCC2. The molecule has 34 heavy (non-hydrogen) atoms. The van der Waals surface area contributed by atoms with Crippen LogP contribution in [0, 0.1) is 5.92 Å². The Hall–Kier alpha value is -3.10. The molecule has 0 aliphatic carbocycles. The number of carbonyl (C=O) groups is 1. The number of imidazole rings is 2. The molecule has 4 heterocycles. The number of rotatable bonds is 5. The van der Waals surface area contributed by atoms with Crippen LogP contribution in [-0.2, 0) is 38.9 Å². The molecule has 5 rings (SSSR count). The van der Waals surface area contributed by atoms with Crippen molar-refractivity contribution in [1.82, 2.24) is 24.4 Å². The van der Waals surface area contributed by atoms with Crippen molar-refractivity contribution in [2.75, 3.05) is 0 Å². The minimum absolute atomic E-state index is 0.0777. The summed E-state index contributed by atoms with van der Waals surface area (Å²) in [7, 11) is 0. The number of hydrogen-bond acceptors (Lipinski definition) is 3. The number of alkyl halides is 3. The maximum absolute atomic E-state index is 13.1. The Balaban J connectivity index is 1.25. The molecule has 1 aromatic carbocycles. The van der Waals surface area contributed by atoms with E-state index in [0.717, 1.165) is 54.9 Å². The van der Waals surface area contributed by atoms with Crippen molar-refractivity contribution in [2.45, 2.75) is 71.3 Å². The summed E-state index contributed by atoms with van der Waals surface area (Å²) in [5, 5.41) is 3.02. The molecule has 1 N–H and O–H groups in total. The van der Waals surface area contributed by atoms with E-state index in [-0.39, 0.29) is 18.7 Å². The van der Waals surface area contributed by atoms with Gasteiger partial charge in [0.25, 0.3) is 5.91 Å². The molecule has 0 spiro atoms. The van der Waals surface area contributed by atoms with Crippen LogP contribution < -0.4 is 5.32 Å². The lowest BCUT2D eigenvalue weighted by molar-refractivity contribution is -0.179. The van der Waals surface area contributed by atoms with Crippen LogP contribution in [0.4, 0.5) is 13.2 Å². The van der Waals surface area contributed by atoms with Gasteiger partial charge in [0.05, 0.1) is 17.3 Å². The van der Waals surface area contributed by atoms with E-state index >= 15 is 0 Å². The zero-order valence-corrected chi connectivity index (χ0v) is 19.2. The number of halogens is 3. The first kappa shape index (κ1) is 22.7. The second-order valence-corrected chi connectivity index (χ2v) is 9.13. The van der Waals surface area contributed by atoms with Gasteiger partial charge >= 0.3 is 6.18 Å². The van der Waals surface area contributed by atoms with Crippen LogP contribution in [0.2, 0.25) is 0 Å². The number of nitrogens with one attached hydrogen (secondary N) is 1. The topological polar surface area (TPSA) is 64.7 Å². The number of nitrogens with zero attached hydrogens (tertiary/aromatic N) is 4. The molecule has 180 valence electrons. The van der Waals surface area contributed by atoms with Crippen LogP contribution in [0.5, 0.6) is 0 Å². The normalized spacial score (nSPS) is 17.8. The molecule has 6 nitrogen and oxygen atoms in total. The Morgan fingerprint density at radius 2 is 1.91 bits per heavy atom. The molecule has 1 atom stereocenters. The predicted molar refractivity (Wildman–Crippen MR) is 121 cm³/mol. The summed E-state index contributed by atoms with van der Waals surface area (Å²) in [5.41, 5.74) is 3.98. The first-order valence-corrected chi connectivity index (χ1v) is 11.9. The fourth-order valence-electron chi connectivity index (χ4n) is 4.94. The smallest absolute Gasteiger partial charge is 0.347 e. The van der Waals surface area contributed by atoms with Gasteiger partial charge < -0.3 is 14.5 Å². The number of fused-ring (bicyclic) bond motifs is 2. The van der Waals surface area contributed by atoms with E-state index in [9.17, 15) is 18.0 Å². The van der Waals surface area contributed by atoms with Crippen LogP contribution in [0.25, 0.3) is 11.3 Å². The van der Waals surface area contributed by atoms with E-state index < -0.39 is 12.1 Å². The van der Waals surface area contributed by atoms with Crippen LogP contribution >= 0.6 is 0 Å². The van der Waals surface area contributed by atoms with E-state index in [2.05, 4.69) is 19.9 Å². The van der Waals surface area contributed by atoms with Gasteiger partial charge in [-0.15, -0.1) is 0 Å². The second-order valence-electron chi connectivity index (χ2n) is 9.13. The maximum atomic E-state index is 13.1. The highest BCUT2D eigenvalue weighted by atomic mass is 19.4. The molecule has 2 aromatic heterocycles. The van der Waals surface area contributed by atoms with Crippen molar-refractivity contribution in [2.24, 2.45) is 5.92 Å². The van der Waals surface area contributed by atoms with Gasteiger partial charge in [-0.1, -0.05) is 31.2 Å². The molecule has 0 saturated carbocycles. The van der Waals surface area contributed by atoms with E-state index in [4.69, 9.17) is 0 Å². The number of benzene rings is 1. The van der Waals surface area contributed by atoms with Gasteiger partial charge in [-0.25, -0.2) is 9.97 Å². The largest absolute Gasteiger partial charge is 0.392 e. The van der Waals surface area contributed by atoms with E-state index in [1.165, 1.54) is 0 Å². The van der Waals surface area contributed by atoms with Crippen molar-refractivity contribution in [1.29, 1.82) is 0 Å². The predicted octanol–water partition coefficient (Wildman–Crippen LogP) is 4.70. The highest BCUT2D eigenvalue weighted by Crippen LogP contribution is 2.35. The minimum atomic E-state index is -4.18. The zero-order valence-electron chi connectivity index (χ0n) is 19.2. The molecular formula is C25H28F3N5O. The van der Waals surface area contributed by atoms with Gasteiger partial charge in [0, 0.05) is 44.2 Å². The molecule has 0 radical (unpaired) electrons. The van der Waals surface area contributed by atoms with Crippen LogP contribution in [-0.4, -0.2) is 31.2 Å². The van der Waals surface area contributed by atoms with Gasteiger partial charge in [0.15, 0.2) is 0 Å². The van der Waals surface area contributed by atoms with Gasteiger partial charge in [-0.05, 0) is 31.2 Å². The lowest BCUT2D eigenvalue weighted by atomic mass is 9.97. The molecular weight excluding hydrogens is 443 g/mol. The van der Waals surface area contributed by atoms with Crippen molar-refractivity contribution < 1.29 is 18.0 Å². The Morgan fingerprint density at radius 1 is 1.12 bits per heavy atom. The number of amides is 1. The Bertz CT molecular complexity index is 1190.